The fraction of sp³-hybridized carbons (Fsp3) is 0.881. The van der Waals surface area contributed by atoms with E-state index < -0.39 is 12.1 Å². The highest BCUT2D eigenvalue weighted by atomic mass is 16.5. The summed E-state index contributed by atoms with van der Waals surface area (Å²) in [4.78, 5) is 24.5. The summed E-state index contributed by atoms with van der Waals surface area (Å²) in [6, 6.07) is -0.544. The van der Waals surface area contributed by atoms with E-state index in [9.17, 15) is 19.8 Å². The van der Waals surface area contributed by atoms with Gasteiger partial charge in [0.25, 0.3) is 0 Å². The largest absolute Gasteiger partial charge is 0.466 e. The van der Waals surface area contributed by atoms with Crippen LogP contribution >= 0.6 is 0 Å². The lowest BCUT2D eigenvalue weighted by atomic mass is 10.0. The first kappa shape index (κ1) is 71.1. The molecule has 0 spiro atoms. The summed E-state index contributed by atoms with van der Waals surface area (Å²) in [7, 11) is 0. The molecule has 0 heterocycles. The van der Waals surface area contributed by atoms with Gasteiger partial charge in [0.15, 0.2) is 0 Å². The van der Waals surface area contributed by atoms with Crippen LogP contribution < -0.4 is 5.32 Å². The molecule has 0 saturated carbocycles. The zero-order valence-corrected chi connectivity index (χ0v) is 49.1. The minimum Gasteiger partial charge on any atom is -0.466 e. The summed E-state index contributed by atoms with van der Waals surface area (Å²) in [6.07, 6.45) is 78.8. The number of carbonyl (C=O) groups excluding carboxylic acids is 2. The molecule has 1 amide bonds. The maximum Gasteiger partial charge on any atom is 0.305 e. The van der Waals surface area contributed by atoms with Gasteiger partial charge in [-0.3, -0.25) is 9.59 Å². The average molecular weight is 1030 g/mol. The molecule has 6 heteroatoms. The van der Waals surface area contributed by atoms with E-state index in [1.54, 1.807) is 0 Å². The lowest BCUT2D eigenvalue weighted by Gasteiger charge is -2.22. The van der Waals surface area contributed by atoms with E-state index in [1.807, 2.05) is 0 Å². The highest BCUT2D eigenvalue weighted by molar-refractivity contribution is 5.76. The summed E-state index contributed by atoms with van der Waals surface area (Å²) >= 11 is 0. The molecular weight excluding hydrogens is 899 g/mol. The van der Waals surface area contributed by atoms with E-state index in [0.717, 1.165) is 51.4 Å². The molecule has 0 aliphatic rings. The molecule has 2 atom stereocenters. The second kappa shape index (κ2) is 62.6. The van der Waals surface area contributed by atoms with Crippen molar-refractivity contribution in [3.63, 3.8) is 0 Å². The number of amides is 1. The molecule has 0 aromatic heterocycles. The summed E-state index contributed by atoms with van der Waals surface area (Å²) in [5.74, 6) is -0.0351. The normalized spacial score (nSPS) is 12.8. The molecule has 0 rings (SSSR count). The average Bonchev–Trinajstić information content (AvgIpc) is 3.39. The molecule has 0 aromatic carbocycles. The first-order valence-electron chi connectivity index (χ1n) is 32.7. The van der Waals surface area contributed by atoms with Gasteiger partial charge >= 0.3 is 5.97 Å². The predicted octanol–water partition coefficient (Wildman–Crippen LogP) is 20.8. The molecule has 0 saturated heterocycles. The van der Waals surface area contributed by atoms with E-state index in [2.05, 4.69) is 55.6 Å². The summed E-state index contributed by atoms with van der Waals surface area (Å²) in [5, 5.41) is 23.3. The van der Waals surface area contributed by atoms with Crippen LogP contribution in [0, 0.1) is 0 Å². The Bertz CT molecular complexity index is 1180. The predicted molar refractivity (Wildman–Crippen MR) is 319 cm³/mol. The number of carbonyl (C=O) groups is 2. The highest BCUT2D eigenvalue weighted by Crippen LogP contribution is 2.18. The van der Waals surface area contributed by atoms with Crippen LogP contribution in [0.25, 0.3) is 0 Å². The Morgan fingerprint density at radius 2 is 0.685 bits per heavy atom. The Morgan fingerprint density at radius 3 is 1.08 bits per heavy atom. The van der Waals surface area contributed by atoms with E-state index in [-0.39, 0.29) is 18.5 Å². The van der Waals surface area contributed by atoms with Crippen molar-refractivity contribution in [1.82, 2.24) is 5.32 Å². The van der Waals surface area contributed by atoms with Gasteiger partial charge in [0.05, 0.1) is 25.4 Å². The Hall–Kier alpha value is -1.92. The number of aliphatic hydroxyl groups excluding tert-OH is 2. The number of hydrogen-bond donors (Lipinski definition) is 3. The number of hydrogen-bond acceptors (Lipinski definition) is 5. The lowest BCUT2D eigenvalue weighted by molar-refractivity contribution is -0.143. The Kier molecular flexibility index (Phi) is 61.0. The van der Waals surface area contributed by atoms with Crippen molar-refractivity contribution in [2.75, 3.05) is 13.2 Å². The van der Waals surface area contributed by atoms with Gasteiger partial charge in [-0.05, 0) is 83.5 Å². The van der Waals surface area contributed by atoms with Gasteiger partial charge in [-0.15, -0.1) is 0 Å². The second-order valence-electron chi connectivity index (χ2n) is 22.4. The SMILES string of the molecule is CCCCC/C=C\CCCCCCCC(=O)OCCCCCCCCCCC/C=C\C/C=C\CCCCCCCCCCCCCC(=O)NC(CO)C(O)CCCCCCCCCCCCCCCCCCC. The van der Waals surface area contributed by atoms with Crippen molar-refractivity contribution in [2.45, 2.75) is 366 Å². The Labute approximate surface area is 455 Å². The van der Waals surface area contributed by atoms with E-state index >= 15 is 0 Å². The third kappa shape index (κ3) is 59.2. The van der Waals surface area contributed by atoms with Gasteiger partial charge in [0, 0.05) is 12.8 Å². The number of aliphatic hydroxyl groups is 2. The van der Waals surface area contributed by atoms with Gasteiger partial charge in [0.2, 0.25) is 5.91 Å². The van der Waals surface area contributed by atoms with Crippen molar-refractivity contribution in [3.05, 3.63) is 36.5 Å². The van der Waals surface area contributed by atoms with Crippen molar-refractivity contribution in [1.29, 1.82) is 0 Å². The second-order valence-corrected chi connectivity index (χ2v) is 22.4. The van der Waals surface area contributed by atoms with Gasteiger partial charge < -0.3 is 20.3 Å². The molecule has 3 N–H and O–H groups in total. The Balaban J connectivity index is 3.42. The molecule has 73 heavy (non-hydrogen) atoms. The summed E-state index contributed by atoms with van der Waals surface area (Å²) in [5.41, 5.74) is 0. The number of unbranched alkanes of at least 4 members (excludes halogenated alkanes) is 44. The first-order valence-corrected chi connectivity index (χ1v) is 32.7. The fourth-order valence-corrected chi connectivity index (χ4v) is 10.1. The number of rotatable bonds is 61. The van der Waals surface area contributed by atoms with E-state index in [0.29, 0.717) is 25.9 Å². The zero-order chi connectivity index (χ0) is 52.9. The Morgan fingerprint density at radius 1 is 0.384 bits per heavy atom. The third-order valence-corrected chi connectivity index (χ3v) is 15.2. The molecule has 0 fully saturated rings. The summed E-state index contributed by atoms with van der Waals surface area (Å²) < 4.78 is 5.46. The lowest BCUT2D eigenvalue weighted by Crippen LogP contribution is -2.45. The molecule has 0 bridgehead atoms. The monoisotopic (exact) mass is 1030 g/mol. The van der Waals surface area contributed by atoms with Crippen molar-refractivity contribution >= 4 is 11.9 Å². The highest BCUT2D eigenvalue weighted by Gasteiger charge is 2.20. The van der Waals surface area contributed by atoms with Crippen LogP contribution in [0.4, 0.5) is 0 Å². The molecule has 0 aliphatic heterocycles. The van der Waals surface area contributed by atoms with E-state index in [1.165, 1.54) is 270 Å². The van der Waals surface area contributed by atoms with Crippen LogP contribution in [-0.4, -0.2) is 47.4 Å². The maximum absolute atomic E-state index is 12.5. The topological polar surface area (TPSA) is 95.9 Å². The maximum atomic E-state index is 12.5. The minimum atomic E-state index is -0.667. The minimum absolute atomic E-state index is 0.000642. The van der Waals surface area contributed by atoms with Crippen LogP contribution in [-0.2, 0) is 14.3 Å². The van der Waals surface area contributed by atoms with Crippen molar-refractivity contribution < 1.29 is 24.5 Å². The number of esters is 1. The number of nitrogens with one attached hydrogen (secondary N) is 1. The quantitative estimate of drug-likeness (QED) is 0.0320. The number of ether oxygens (including phenoxy) is 1. The van der Waals surface area contributed by atoms with Crippen LogP contribution in [0.2, 0.25) is 0 Å². The smallest absolute Gasteiger partial charge is 0.305 e. The van der Waals surface area contributed by atoms with Crippen LogP contribution in [0.5, 0.6) is 0 Å². The zero-order valence-electron chi connectivity index (χ0n) is 49.1. The summed E-state index contributed by atoms with van der Waals surface area (Å²) in [6.45, 7) is 4.94. The third-order valence-electron chi connectivity index (χ3n) is 15.2. The molecule has 0 aliphatic carbocycles. The number of allylic oxidation sites excluding steroid dienone is 6. The van der Waals surface area contributed by atoms with Crippen LogP contribution in [0.15, 0.2) is 36.5 Å². The fourth-order valence-electron chi connectivity index (χ4n) is 10.1. The van der Waals surface area contributed by atoms with Gasteiger partial charge in [-0.25, -0.2) is 0 Å². The molecule has 2 unspecified atom stereocenters. The molecular formula is C67H127NO5. The van der Waals surface area contributed by atoms with Gasteiger partial charge in [-0.2, -0.15) is 0 Å². The molecule has 0 aromatic rings. The van der Waals surface area contributed by atoms with Crippen LogP contribution in [0.1, 0.15) is 354 Å². The van der Waals surface area contributed by atoms with Crippen LogP contribution in [0.3, 0.4) is 0 Å². The first-order chi connectivity index (χ1) is 36.0. The van der Waals surface area contributed by atoms with Gasteiger partial charge in [-0.1, -0.05) is 294 Å². The van der Waals surface area contributed by atoms with E-state index in [4.69, 9.17) is 4.74 Å². The standard InChI is InChI=1S/C67H127NO5/c1-3-5-7-9-11-13-15-17-18-30-33-36-39-43-47-51-55-59-65(70)64(63-69)68-66(71)60-56-52-48-44-40-37-34-31-28-26-24-22-20-19-21-23-25-27-29-32-35-38-42-46-50-54-58-62-73-67(72)61-57-53-49-45-41-16-14-12-10-8-6-4-2/h12,14,19-20,23,25,64-65,69-70H,3-11,13,15-18,21-22,24,26-63H2,1-2H3,(H,68,71)/b14-12-,20-19-,25-23-. The van der Waals surface area contributed by atoms with Crippen molar-refractivity contribution in [2.24, 2.45) is 0 Å². The molecule has 6 nitrogen and oxygen atoms in total. The van der Waals surface area contributed by atoms with Crippen molar-refractivity contribution in [3.8, 4) is 0 Å². The molecule has 430 valence electrons. The molecule has 0 radical (unpaired) electrons. The van der Waals surface area contributed by atoms with Gasteiger partial charge in [0.1, 0.15) is 0 Å².